The van der Waals surface area contributed by atoms with E-state index in [1.54, 1.807) is 24.3 Å². The fourth-order valence-corrected chi connectivity index (χ4v) is 2.44. The van der Waals surface area contributed by atoms with Crippen molar-refractivity contribution in [2.75, 3.05) is 13.2 Å². The molecule has 2 aromatic carbocycles. The highest BCUT2D eigenvalue weighted by atomic mass is 16.5. The summed E-state index contributed by atoms with van der Waals surface area (Å²) in [6, 6.07) is 12.6. The van der Waals surface area contributed by atoms with Crippen molar-refractivity contribution in [2.45, 2.75) is 33.6 Å². The Kier molecular flexibility index (Phi) is 7.67. The van der Waals surface area contributed by atoms with Gasteiger partial charge < -0.3 is 9.47 Å². The van der Waals surface area contributed by atoms with Crippen LogP contribution < -0.4 is 20.3 Å². The number of ether oxygens (including phenoxy) is 2. The Morgan fingerprint density at radius 2 is 1.74 bits per heavy atom. The minimum Gasteiger partial charge on any atom is -0.493 e. The zero-order valence-corrected chi connectivity index (χ0v) is 16.0. The van der Waals surface area contributed by atoms with E-state index in [0.29, 0.717) is 23.7 Å². The van der Waals surface area contributed by atoms with E-state index in [-0.39, 0.29) is 6.61 Å². The Morgan fingerprint density at radius 3 is 2.48 bits per heavy atom. The van der Waals surface area contributed by atoms with Gasteiger partial charge in [0.05, 0.1) is 12.2 Å². The molecule has 0 fully saturated rings. The fourth-order valence-electron chi connectivity index (χ4n) is 2.44. The average molecular weight is 370 g/mol. The molecule has 0 aliphatic rings. The van der Waals surface area contributed by atoms with Crippen LogP contribution in [0.4, 0.5) is 0 Å². The molecule has 0 atom stereocenters. The van der Waals surface area contributed by atoms with Crippen molar-refractivity contribution >= 4 is 11.8 Å². The van der Waals surface area contributed by atoms with Gasteiger partial charge in [0, 0.05) is 0 Å². The quantitative estimate of drug-likeness (QED) is 0.552. The summed E-state index contributed by atoms with van der Waals surface area (Å²) < 4.78 is 11.1. The zero-order valence-electron chi connectivity index (χ0n) is 16.0. The van der Waals surface area contributed by atoms with Crippen molar-refractivity contribution in [2.24, 2.45) is 0 Å². The van der Waals surface area contributed by atoms with E-state index in [1.807, 2.05) is 32.0 Å². The lowest BCUT2D eigenvalue weighted by atomic mass is 10.1. The maximum atomic E-state index is 12.3. The number of hydrogen-bond donors (Lipinski definition) is 2. The number of benzene rings is 2. The SMILES string of the molecule is CCCCOc1ccccc1C(=O)NNC(=O)COc1ccc(C)cc1C. The average Bonchev–Trinajstić information content (AvgIpc) is 2.66. The topological polar surface area (TPSA) is 76.7 Å². The van der Waals surface area contributed by atoms with Gasteiger partial charge in [-0.1, -0.05) is 43.2 Å². The first-order valence-electron chi connectivity index (χ1n) is 9.02. The number of amides is 2. The lowest BCUT2D eigenvalue weighted by Crippen LogP contribution is -2.44. The Morgan fingerprint density at radius 1 is 0.963 bits per heavy atom. The van der Waals surface area contributed by atoms with E-state index < -0.39 is 11.8 Å². The minimum atomic E-state index is -0.451. The number of rotatable bonds is 8. The molecular formula is C21H26N2O4. The second-order valence-electron chi connectivity index (χ2n) is 6.26. The highest BCUT2D eigenvalue weighted by Gasteiger charge is 2.13. The molecule has 0 unspecified atom stereocenters. The van der Waals surface area contributed by atoms with Crippen molar-refractivity contribution in [3.05, 3.63) is 59.2 Å². The van der Waals surface area contributed by atoms with Gasteiger partial charge in [0.25, 0.3) is 11.8 Å². The molecule has 0 saturated carbocycles. The van der Waals surface area contributed by atoms with Gasteiger partial charge in [-0.3, -0.25) is 20.4 Å². The highest BCUT2D eigenvalue weighted by molar-refractivity contribution is 5.97. The Hall–Kier alpha value is -3.02. The van der Waals surface area contributed by atoms with E-state index >= 15 is 0 Å². The van der Waals surface area contributed by atoms with Gasteiger partial charge in [0.2, 0.25) is 0 Å². The largest absolute Gasteiger partial charge is 0.493 e. The molecule has 27 heavy (non-hydrogen) atoms. The van der Waals surface area contributed by atoms with Crippen molar-refractivity contribution in [1.29, 1.82) is 0 Å². The second-order valence-corrected chi connectivity index (χ2v) is 6.26. The standard InChI is InChI=1S/C21H26N2O4/c1-4-5-12-26-19-9-7-6-8-17(19)21(25)23-22-20(24)14-27-18-11-10-15(2)13-16(18)3/h6-11,13H,4-5,12,14H2,1-3H3,(H,22,24)(H,23,25). The Labute approximate surface area is 159 Å². The molecule has 0 bridgehead atoms. The predicted octanol–water partition coefficient (Wildman–Crippen LogP) is 3.32. The van der Waals surface area contributed by atoms with Crippen LogP contribution in [-0.4, -0.2) is 25.0 Å². The normalized spacial score (nSPS) is 10.2. The molecule has 0 spiro atoms. The van der Waals surface area contributed by atoms with Gasteiger partial charge >= 0.3 is 0 Å². The molecule has 0 aliphatic heterocycles. The molecule has 6 heteroatoms. The van der Waals surface area contributed by atoms with E-state index in [0.717, 1.165) is 24.0 Å². The fraction of sp³-hybridized carbons (Fsp3) is 0.333. The summed E-state index contributed by atoms with van der Waals surface area (Å²) in [5.41, 5.74) is 7.18. The van der Waals surface area contributed by atoms with Crippen LogP contribution in [0.1, 0.15) is 41.3 Å². The second kappa shape index (κ2) is 10.2. The summed E-state index contributed by atoms with van der Waals surface area (Å²) in [6.07, 6.45) is 1.91. The van der Waals surface area contributed by atoms with Crippen LogP contribution in [0, 0.1) is 13.8 Å². The maximum Gasteiger partial charge on any atom is 0.276 e. The molecule has 2 amide bonds. The molecule has 0 aliphatic carbocycles. The number of unbranched alkanes of at least 4 members (excludes halogenated alkanes) is 1. The van der Waals surface area contributed by atoms with Gasteiger partial charge in [0.1, 0.15) is 11.5 Å². The summed E-state index contributed by atoms with van der Waals surface area (Å²) in [7, 11) is 0. The summed E-state index contributed by atoms with van der Waals surface area (Å²) in [4.78, 5) is 24.3. The number of carbonyl (C=O) groups excluding carboxylic acids is 2. The number of nitrogens with one attached hydrogen (secondary N) is 2. The van der Waals surface area contributed by atoms with Crippen LogP contribution in [0.15, 0.2) is 42.5 Å². The number of hydrazine groups is 1. The summed E-state index contributed by atoms with van der Waals surface area (Å²) in [5, 5.41) is 0. The molecule has 2 aromatic rings. The van der Waals surface area contributed by atoms with Crippen molar-refractivity contribution in [1.82, 2.24) is 10.9 Å². The van der Waals surface area contributed by atoms with Crippen LogP contribution in [0.25, 0.3) is 0 Å². The predicted molar refractivity (Wildman–Crippen MR) is 104 cm³/mol. The van der Waals surface area contributed by atoms with Gasteiger partial charge in [-0.25, -0.2) is 0 Å². The molecule has 2 rings (SSSR count). The number of hydrogen-bond acceptors (Lipinski definition) is 4. The number of para-hydroxylation sites is 1. The molecular weight excluding hydrogens is 344 g/mol. The first-order valence-corrected chi connectivity index (χ1v) is 9.02. The lowest BCUT2D eigenvalue weighted by molar-refractivity contribution is -0.123. The molecule has 2 N–H and O–H groups in total. The maximum absolute atomic E-state index is 12.3. The third kappa shape index (κ3) is 6.33. The van der Waals surface area contributed by atoms with Crippen LogP contribution in [0.3, 0.4) is 0 Å². The third-order valence-corrected chi connectivity index (χ3v) is 3.89. The molecule has 6 nitrogen and oxygen atoms in total. The van der Waals surface area contributed by atoms with E-state index in [4.69, 9.17) is 9.47 Å². The van der Waals surface area contributed by atoms with Crippen LogP contribution >= 0.6 is 0 Å². The van der Waals surface area contributed by atoms with Gasteiger partial charge in [0.15, 0.2) is 6.61 Å². The third-order valence-electron chi connectivity index (χ3n) is 3.89. The summed E-state index contributed by atoms with van der Waals surface area (Å²) in [5.74, 6) is 0.232. The summed E-state index contributed by atoms with van der Waals surface area (Å²) in [6.45, 7) is 6.31. The number of carbonyl (C=O) groups is 2. The van der Waals surface area contributed by atoms with Gasteiger partial charge in [-0.05, 0) is 44.0 Å². The molecule has 0 radical (unpaired) electrons. The van der Waals surface area contributed by atoms with Crippen LogP contribution in [-0.2, 0) is 4.79 Å². The first kappa shape index (κ1) is 20.3. The smallest absolute Gasteiger partial charge is 0.276 e. The van der Waals surface area contributed by atoms with Crippen molar-refractivity contribution in [3.63, 3.8) is 0 Å². The molecule has 0 saturated heterocycles. The number of aryl methyl sites for hydroxylation is 2. The van der Waals surface area contributed by atoms with Crippen LogP contribution in [0.5, 0.6) is 11.5 Å². The van der Waals surface area contributed by atoms with Crippen LogP contribution in [0.2, 0.25) is 0 Å². The van der Waals surface area contributed by atoms with Crippen molar-refractivity contribution < 1.29 is 19.1 Å². The highest BCUT2D eigenvalue weighted by Crippen LogP contribution is 2.19. The first-order chi connectivity index (χ1) is 13.0. The Bertz CT molecular complexity index is 790. The molecule has 0 heterocycles. The van der Waals surface area contributed by atoms with Gasteiger partial charge in [-0.15, -0.1) is 0 Å². The van der Waals surface area contributed by atoms with E-state index in [2.05, 4.69) is 17.8 Å². The summed E-state index contributed by atoms with van der Waals surface area (Å²) >= 11 is 0. The van der Waals surface area contributed by atoms with Crippen molar-refractivity contribution in [3.8, 4) is 11.5 Å². The van der Waals surface area contributed by atoms with E-state index in [1.165, 1.54) is 0 Å². The molecule has 0 aromatic heterocycles. The van der Waals surface area contributed by atoms with E-state index in [9.17, 15) is 9.59 Å². The Balaban J connectivity index is 1.85. The zero-order chi connectivity index (χ0) is 19.6. The molecule has 144 valence electrons. The monoisotopic (exact) mass is 370 g/mol. The van der Waals surface area contributed by atoms with Gasteiger partial charge in [-0.2, -0.15) is 0 Å². The lowest BCUT2D eigenvalue weighted by Gasteiger charge is -2.13. The minimum absolute atomic E-state index is 0.196.